The zero-order chi connectivity index (χ0) is 10.2. The predicted molar refractivity (Wildman–Crippen MR) is 57.0 cm³/mol. The highest BCUT2D eigenvalue weighted by Crippen LogP contribution is 1.98. The van der Waals surface area contributed by atoms with Crippen LogP contribution in [-0.2, 0) is 6.54 Å². The smallest absolute Gasteiger partial charge is 0.0431 e. The van der Waals surface area contributed by atoms with Crippen LogP contribution in [0, 0.1) is 6.92 Å². The quantitative estimate of drug-likeness (QED) is 0.670. The second kappa shape index (κ2) is 6.51. The molecule has 0 amide bonds. The van der Waals surface area contributed by atoms with E-state index in [4.69, 9.17) is 5.11 Å². The van der Waals surface area contributed by atoms with Gasteiger partial charge in [-0.1, -0.05) is 6.07 Å². The molecule has 0 atom stereocenters. The Morgan fingerprint density at radius 3 is 2.86 bits per heavy atom. The number of aliphatic hydroxyl groups is 1. The zero-order valence-electron chi connectivity index (χ0n) is 8.66. The molecule has 78 valence electrons. The Morgan fingerprint density at radius 1 is 1.36 bits per heavy atom. The molecule has 14 heavy (non-hydrogen) atoms. The van der Waals surface area contributed by atoms with Gasteiger partial charge in [0.1, 0.15) is 0 Å². The summed E-state index contributed by atoms with van der Waals surface area (Å²) in [6.07, 6.45) is 3.79. The lowest BCUT2D eigenvalue weighted by molar-refractivity contribution is 0.283. The molecule has 0 saturated heterocycles. The third-order valence-electron chi connectivity index (χ3n) is 2.06. The summed E-state index contributed by atoms with van der Waals surface area (Å²) in [6, 6.07) is 4.10. The summed E-state index contributed by atoms with van der Waals surface area (Å²) in [4.78, 5) is 4.21. The lowest BCUT2D eigenvalue weighted by atomic mass is 10.2. The minimum absolute atomic E-state index is 0.285. The van der Waals surface area contributed by atoms with E-state index in [1.165, 1.54) is 5.56 Å². The highest BCUT2D eigenvalue weighted by molar-refractivity contribution is 5.12. The fourth-order valence-corrected chi connectivity index (χ4v) is 1.20. The number of unbranched alkanes of at least 4 members (excludes halogenated alkanes) is 1. The summed E-state index contributed by atoms with van der Waals surface area (Å²) in [7, 11) is 0. The molecule has 0 bridgehead atoms. The van der Waals surface area contributed by atoms with Crippen LogP contribution < -0.4 is 5.32 Å². The maximum atomic E-state index is 8.58. The fraction of sp³-hybridized carbons (Fsp3) is 0.545. The van der Waals surface area contributed by atoms with Crippen molar-refractivity contribution in [2.45, 2.75) is 26.3 Å². The summed E-state index contributed by atoms with van der Waals surface area (Å²) < 4.78 is 0. The average molecular weight is 194 g/mol. The second-order valence-electron chi connectivity index (χ2n) is 3.42. The predicted octanol–water partition coefficient (Wildman–Crippen LogP) is 1.25. The maximum absolute atomic E-state index is 8.58. The first-order valence-corrected chi connectivity index (χ1v) is 5.06. The van der Waals surface area contributed by atoms with Crippen LogP contribution in [0.15, 0.2) is 18.3 Å². The number of pyridine rings is 1. The van der Waals surface area contributed by atoms with E-state index in [2.05, 4.69) is 16.4 Å². The third-order valence-corrected chi connectivity index (χ3v) is 2.06. The van der Waals surface area contributed by atoms with E-state index in [-0.39, 0.29) is 6.61 Å². The number of hydrogen-bond acceptors (Lipinski definition) is 3. The van der Waals surface area contributed by atoms with Gasteiger partial charge in [-0.05, 0) is 37.9 Å². The molecular formula is C11H18N2O. The lowest BCUT2D eigenvalue weighted by Gasteiger charge is -2.03. The maximum Gasteiger partial charge on any atom is 0.0431 e. The molecular weight excluding hydrogens is 176 g/mol. The van der Waals surface area contributed by atoms with Gasteiger partial charge in [-0.2, -0.15) is 0 Å². The molecule has 1 rings (SSSR count). The van der Waals surface area contributed by atoms with Gasteiger partial charge >= 0.3 is 0 Å². The molecule has 0 aliphatic carbocycles. The van der Waals surface area contributed by atoms with Gasteiger partial charge in [0.05, 0.1) is 0 Å². The topological polar surface area (TPSA) is 45.1 Å². The Hall–Kier alpha value is -0.930. The molecule has 0 aromatic carbocycles. The summed E-state index contributed by atoms with van der Waals surface area (Å²) >= 11 is 0. The highest BCUT2D eigenvalue weighted by Gasteiger charge is 1.92. The van der Waals surface area contributed by atoms with Gasteiger partial charge in [-0.15, -0.1) is 0 Å². The Bertz CT molecular complexity index is 246. The molecule has 0 saturated carbocycles. The van der Waals surface area contributed by atoms with Crippen LogP contribution in [0.5, 0.6) is 0 Å². The fourth-order valence-electron chi connectivity index (χ4n) is 1.20. The minimum Gasteiger partial charge on any atom is -0.396 e. The van der Waals surface area contributed by atoms with Gasteiger partial charge in [0.15, 0.2) is 0 Å². The van der Waals surface area contributed by atoms with E-state index in [0.717, 1.165) is 31.6 Å². The molecule has 1 heterocycles. The summed E-state index contributed by atoms with van der Waals surface area (Å²) in [5, 5.41) is 11.9. The Labute approximate surface area is 85.2 Å². The third kappa shape index (κ3) is 4.35. The van der Waals surface area contributed by atoms with Crippen molar-refractivity contribution in [3.8, 4) is 0 Å². The van der Waals surface area contributed by atoms with Crippen LogP contribution in [0.25, 0.3) is 0 Å². The van der Waals surface area contributed by atoms with Crippen molar-refractivity contribution in [1.29, 1.82) is 0 Å². The van der Waals surface area contributed by atoms with E-state index < -0.39 is 0 Å². The SMILES string of the molecule is Cc1ccc(CNCCCCO)cn1. The van der Waals surface area contributed by atoms with Gasteiger partial charge in [-0.25, -0.2) is 0 Å². The monoisotopic (exact) mass is 194 g/mol. The van der Waals surface area contributed by atoms with Crippen molar-refractivity contribution in [3.63, 3.8) is 0 Å². The average Bonchev–Trinajstić information content (AvgIpc) is 2.21. The normalized spacial score (nSPS) is 10.4. The summed E-state index contributed by atoms with van der Waals surface area (Å²) in [6.45, 7) is 4.08. The van der Waals surface area contributed by atoms with Crippen LogP contribution in [0.2, 0.25) is 0 Å². The van der Waals surface area contributed by atoms with Gasteiger partial charge in [0, 0.05) is 25.0 Å². The Balaban J connectivity index is 2.15. The van der Waals surface area contributed by atoms with E-state index in [9.17, 15) is 0 Å². The van der Waals surface area contributed by atoms with Crippen molar-refractivity contribution in [2.75, 3.05) is 13.2 Å². The number of aromatic nitrogens is 1. The highest BCUT2D eigenvalue weighted by atomic mass is 16.2. The molecule has 0 fully saturated rings. The largest absolute Gasteiger partial charge is 0.396 e. The lowest BCUT2D eigenvalue weighted by Crippen LogP contribution is -2.15. The molecule has 0 unspecified atom stereocenters. The molecule has 0 spiro atoms. The van der Waals surface area contributed by atoms with E-state index in [0.29, 0.717) is 0 Å². The van der Waals surface area contributed by atoms with Gasteiger partial charge in [0.25, 0.3) is 0 Å². The van der Waals surface area contributed by atoms with E-state index >= 15 is 0 Å². The molecule has 3 heteroatoms. The first-order valence-electron chi connectivity index (χ1n) is 5.06. The summed E-state index contributed by atoms with van der Waals surface area (Å²) in [5.41, 5.74) is 2.26. The second-order valence-corrected chi connectivity index (χ2v) is 3.42. The van der Waals surface area contributed by atoms with Crippen LogP contribution in [0.1, 0.15) is 24.1 Å². The zero-order valence-corrected chi connectivity index (χ0v) is 8.66. The van der Waals surface area contributed by atoms with Crippen molar-refractivity contribution in [3.05, 3.63) is 29.6 Å². The van der Waals surface area contributed by atoms with Crippen LogP contribution >= 0.6 is 0 Å². The first kappa shape index (κ1) is 11.1. The molecule has 0 aliphatic heterocycles. The molecule has 3 nitrogen and oxygen atoms in total. The standard InChI is InChI=1S/C11H18N2O/c1-10-4-5-11(9-13-10)8-12-6-2-3-7-14/h4-5,9,12,14H,2-3,6-8H2,1H3. The molecule has 0 radical (unpaired) electrons. The minimum atomic E-state index is 0.285. The van der Waals surface area contributed by atoms with Crippen molar-refractivity contribution >= 4 is 0 Å². The summed E-state index contributed by atoms with van der Waals surface area (Å²) in [5.74, 6) is 0. The van der Waals surface area contributed by atoms with Crippen LogP contribution in [0.3, 0.4) is 0 Å². The number of nitrogens with zero attached hydrogens (tertiary/aromatic N) is 1. The number of rotatable bonds is 6. The van der Waals surface area contributed by atoms with Crippen LogP contribution in [0.4, 0.5) is 0 Å². The number of aliphatic hydroxyl groups excluding tert-OH is 1. The molecule has 1 aromatic rings. The number of aryl methyl sites for hydroxylation is 1. The Morgan fingerprint density at radius 2 is 2.21 bits per heavy atom. The molecule has 1 aromatic heterocycles. The number of hydrogen-bond donors (Lipinski definition) is 2. The number of nitrogens with one attached hydrogen (secondary N) is 1. The first-order chi connectivity index (χ1) is 6.83. The van der Waals surface area contributed by atoms with Gasteiger partial charge in [0.2, 0.25) is 0 Å². The van der Waals surface area contributed by atoms with Crippen LogP contribution in [-0.4, -0.2) is 23.2 Å². The van der Waals surface area contributed by atoms with E-state index in [1.54, 1.807) is 0 Å². The van der Waals surface area contributed by atoms with Crippen molar-refractivity contribution in [1.82, 2.24) is 10.3 Å². The molecule has 0 aliphatic rings. The van der Waals surface area contributed by atoms with Gasteiger partial charge in [-0.3, -0.25) is 4.98 Å². The van der Waals surface area contributed by atoms with Gasteiger partial charge < -0.3 is 10.4 Å². The van der Waals surface area contributed by atoms with Crippen molar-refractivity contribution < 1.29 is 5.11 Å². The molecule has 2 N–H and O–H groups in total. The Kier molecular flexibility index (Phi) is 5.19. The van der Waals surface area contributed by atoms with E-state index in [1.807, 2.05) is 19.2 Å². The van der Waals surface area contributed by atoms with Crippen molar-refractivity contribution in [2.24, 2.45) is 0 Å².